The van der Waals surface area contributed by atoms with Gasteiger partial charge in [-0.3, -0.25) is 9.59 Å². The topological polar surface area (TPSA) is 82.1 Å². The van der Waals surface area contributed by atoms with Crippen molar-refractivity contribution in [2.45, 2.75) is 157 Å². The number of fused-ring (bicyclic) bond motifs is 5. The van der Waals surface area contributed by atoms with Gasteiger partial charge >= 0.3 is 11.9 Å². The van der Waals surface area contributed by atoms with E-state index in [1.54, 1.807) is 6.92 Å². The summed E-state index contributed by atoms with van der Waals surface area (Å²) >= 11 is 0. The summed E-state index contributed by atoms with van der Waals surface area (Å²) in [6.07, 6.45) is 8.66. The zero-order valence-electron chi connectivity index (χ0n) is 26.9. The highest BCUT2D eigenvalue weighted by Gasteiger charge is 2.73. The van der Waals surface area contributed by atoms with Gasteiger partial charge in [0.05, 0.1) is 17.3 Å². The Morgan fingerprint density at radius 2 is 1.43 bits per heavy atom. The van der Waals surface area contributed by atoms with Gasteiger partial charge in [0.25, 0.3) is 0 Å². The first-order valence-corrected chi connectivity index (χ1v) is 16.0. The molecule has 0 aromatic heterocycles. The summed E-state index contributed by atoms with van der Waals surface area (Å²) in [4.78, 5) is 24.6. The maximum absolute atomic E-state index is 12.6. The zero-order chi connectivity index (χ0) is 29.7. The van der Waals surface area contributed by atoms with E-state index in [1.165, 1.54) is 6.92 Å². The molecular weight excluding hydrogens is 504 g/mol. The van der Waals surface area contributed by atoms with E-state index < -0.39 is 5.60 Å². The van der Waals surface area contributed by atoms with Crippen LogP contribution in [0.5, 0.6) is 0 Å². The number of carbonyl (C=O) groups excluding carboxylic acids is 2. The summed E-state index contributed by atoms with van der Waals surface area (Å²) in [7, 11) is 0. The van der Waals surface area contributed by atoms with E-state index in [0.29, 0.717) is 17.8 Å². The molecule has 6 heteroatoms. The molecule has 0 bridgehead atoms. The molecule has 1 aliphatic heterocycles. The normalized spacial score (nSPS) is 49.9. The molecule has 5 fully saturated rings. The van der Waals surface area contributed by atoms with Crippen molar-refractivity contribution in [3.63, 3.8) is 0 Å². The van der Waals surface area contributed by atoms with Crippen LogP contribution in [-0.4, -0.2) is 46.6 Å². The van der Waals surface area contributed by atoms with E-state index in [-0.39, 0.29) is 63.4 Å². The fourth-order valence-corrected chi connectivity index (χ4v) is 11.8. The van der Waals surface area contributed by atoms with Gasteiger partial charge in [0.1, 0.15) is 12.2 Å². The van der Waals surface area contributed by atoms with E-state index in [1.807, 2.05) is 13.8 Å². The summed E-state index contributed by atoms with van der Waals surface area (Å²) < 4.78 is 19.0. The van der Waals surface area contributed by atoms with Gasteiger partial charge in [-0.2, -0.15) is 0 Å². The molecule has 1 saturated heterocycles. The van der Waals surface area contributed by atoms with Gasteiger partial charge in [-0.15, -0.1) is 0 Å². The van der Waals surface area contributed by atoms with Crippen LogP contribution in [0.3, 0.4) is 0 Å². The summed E-state index contributed by atoms with van der Waals surface area (Å²) in [5.41, 5.74) is -1.16. The smallest absolute Gasteiger partial charge is 0.302 e. The Labute approximate surface area is 242 Å². The van der Waals surface area contributed by atoms with E-state index in [9.17, 15) is 14.7 Å². The minimum absolute atomic E-state index is 0.0148. The van der Waals surface area contributed by atoms with Crippen molar-refractivity contribution in [3.8, 4) is 0 Å². The Balaban J connectivity index is 1.52. The Morgan fingerprint density at radius 3 is 2.00 bits per heavy atom. The van der Waals surface area contributed by atoms with Crippen LogP contribution in [0.25, 0.3) is 0 Å². The molecule has 1 N–H and O–H groups in total. The molecule has 0 radical (unpaired) electrons. The lowest BCUT2D eigenvalue weighted by Crippen LogP contribution is -2.68. The lowest BCUT2D eigenvalue weighted by molar-refractivity contribution is -0.263. The highest BCUT2D eigenvalue weighted by molar-refractivity contribution is 5.66. The van der Waals surface area contributed by atoms with Crippen molar-refractivity contribution in [2.75, 3.05) is 0 Å². The van der Waals surface area contributed by atoms with Crippen molar-refractivity contribution < 1.29 is 28.9 Å². The largest absolute Gasteiger partial charge is 0.462 e. The molecule has 11 atom stereocenters. The molecule has 0 aromatic carbocycles. The number of carbonyl (C=O) groups is 2. The molecule has 0 spiro atoms. The van der Waals surface area contributed by atoms with E-state index in [0.717, 1.165) is 57.8 Å². The molecule has 6 nitrogen and oxygen atoms in total. The van der Waals surface area contributed by atoms with Crippen LogP contribution >= 0.6 is 0 Å². The summed E-state index contributed by atoms with van der Waals surface area (Å²) in [5.74, 6) is 1.03. The third-order valence-electron chi connectivity index (χ3n) is 13.8. The molecule has 5 rings (SSSR count). The van der Waals surface area contributed by atoms with Crippen LogP contribution in [0.15, 0.2) is 0 Å². The monoisotopic (exact) mass is 560 g/mol. The van der Waals surface area contributed by atoms with Crippen LogP contribution in [0.1, 0.15) is 127 Å². The molecular formula is C34H56O6. The third-order valence-corrected chi connectivity index (χ3v) is 13.8. The molecule has 3 unspecified atom stereocenters. The van der Waals surface area contributed by atoms with Crippen molar-refractivity contribution >= 4 is 11.9 Å². The second-order valence-corrected chi connectivity index (χ2v) is 16.6. The molecule has 1 heterocycles. The van der Waals surface area contributed by atoms with Crippen LogP contribution in [-0.2, 0) is 23.8 Å². The maximum Gasteiger partial charge on any atom is 0.302 e. The van der Waals surface area contributed by atoms with Gasteiger partial charge in [0.2, 0.25) is 0 Å². The van der Waals surface area contributed by atoms with Crippen LogP contribution < -0.4 is 0 Å². The van der Waals surface area contributed by atoms with Gasteiger partial charge in [-0.05, 0) is 113 Å². The second-order valence-electron chi connectivity index (χ2n) is 16.6. The van der Waals surface area contributed by atoms with Gasteiger partial charge in [-0.1, -0.05) is 34.6 Å². The van der Waals surface area contributed by atoms with E-state index in [2.05, 4.69) is 41.5 Å². The molecule has 5 aliphatic rings. The Kier molecular flexibility index (Phi) is 7.15. The molecule has 4 aliphatic carbocycles. The van der Waals surface area contributed by atoms with Gasteiger partial charge in [0, 0.05) is 25.2 Å². The molecule has 40 heavy (non-hydrogen) atoms. The van der Waals surface area contributed by atoms with Gasteiger partial charge in [0.15, 0.2) is 0 Å². The van der Waals surface area contributed by atoms with E-state index >= 15 is 0 Å². The highest BCUT2D eigenvalue weighted by atomic mass is 16.5. The first-order chi connectivity index (χ1) is 18.3. The third kappa shape index (κ3) is 4.31. The average molecular weight is 561 g/mol. The standard InChI is InChI=1S/C34H56O6/c1-20(35)38-24-19-23-22(34(10)18-14-27(40-34)30(5,6)37)11-16-32(23,8)33(9)17-12-25-29(3,4)26(39-21(2)36)13-15-31(25,7)28(24)33/h22-28,37H,11-19H2,1-10H3/t22-,23?,24+,25?,26-,27-,28?,31-,32+,33+,34+/m0/s1. The van der Waals surface area contributed by atoms with Gasteiger partial charge in [-0.25, -0.2) is 0 Å². The van der Waals surface area contributed by atoms with Crippen molar-refractivity contribution in [3.05, 3.63) is 0 Å². The zero-order valence-corrected chi connectivity index (χ0v) is 26.9. The average Bonchev–Trinajstić information content (AvgIpc) is 3.37. The Morgan fingerprint density at radius 1 is 0.800 bits per heavy atom. The van der Waals surface area contributed by atoms with Crippen LogP contribution in [0, 0.1) is 45.3 Å². The minimum atomic E-state index is -0.853. The number of hydrogen-bond donors (Lipinski definition) is 1. The minimum Gasteiger partial charge on any atom is -0.462 e. The van der Waals surface area contributed by atoms with Crippen molar-refractivity contribution in [1.82, 2.24) is 0 Å². The summed E-state index contributed by atoms with van der Waals surface area (Å²) in [5, 5.41) is 10.7. The number of esters is 2. The van der Waals surface area contributed by atoms with Crippen molar-refractivity contribution in [2.24, 2.45) is 45.3 Å². The summed E-state index contributed by atoms with van der Waals surface area (Å²) in [6.45, 7) is 21.2. The second kappa shape index (κ2) is 9.43. The molecule has 0 aromatic rings. The number of ether oxygens (including phenoxy) is 3. The van der Waals surface area contributed by atoms with Gasteiger partial charge < -0.3 is 19.3 Å². The van der Waals surface area contributed by atoms with Crippen LogP contribution in [0.4, 0.5) is 0 Å². The molecule has 4 saturated carbocycles. The quantitative estimate of drug-likeness (QED) is 0.379. The first-order valence-electron chi connectivity index (χ1n) is 16.0. The summed E-state index contributed by atoms with van der Waals surface area (Å²) in [6, 6.07) is 0. The Bertz CT molecular complexity index is 1030. The fourth-order valence-electron chi connectivity index (χ4n) is 11.8. The fraction of sp³-hybridized carbons (Fsp3) is 0.941. The Hall–Kier alpha value is -1.14. The SMILES string of the molecule is CC(=O)O[C@H]1CC[C@@]2(C)C(CC[C@]3(C)C2[C@H](OC(C)=O)CC2[C@@H]([C@@]4(C)CC[C@@H](C(C)(C)O)O4)CC[C@]23C)C1(C)C. The predicted octanol–water partition coefficient (Wildman–Crippen LogP) is 6.85. The van der Waals surface area contributed by atoms with E-state index in [4.69, 9.17) is 14.2 Å². The lowest BCUT2D eigenvalue weighted by atomic mass is 9.35. The van der Waals surface area contributed by atoms with Crippen LogP contribution in [0.2, 0.25) is 0 Å². The molecule has 0 amide bonds. The number of aliphatic hydroxyl groups is 1. The highest BCUT2D eigenvalue weighted by Crippen LogP contribution is 2.76. The number of rotatable bonds is 4. The predicted molar refractivity (Wildman–Crippen MR) is 154 cm³/mol. The number of hydrogen-bond acceptors (Lipinski definition) is 6. The van der Waals surface area contributed by atoms with Crippen molar-refractivity contribution in [1.29, 1.82) is 0 Å². The lowest BCUT2D eigenvalue weighted by Gasteiger charge is -2.71. The maximum atomic E-state index is 12.6. The molecule has 228 valence electrons. The first kappa shape index (κ1) is 30.3.